The lowest BCUT2D eigenvalue weighted by molar-refractivity contribution is 0.258. The van der Waals surface area contributed by atoms with Gasteiger partial charge in [0.2, 0.25) is 5.88 Å². The van der Waals surface area contributed by atoms with Gasteiger partial charge in [0.1, 0.15) is 5.75 Å². The summed E-state index contributed by atoms with van der Waals surface area (Å²) in [6.07, 6.45) is 0. The molecule has 1 N–H and O–H groups in total. The van der Waals surface area contributed by atoms with Crippen LogP contribution in [0.15, 0.2) is 53.4 Å². The molecule has 0 saturated heterocycles. The second kappa shape index (κ2) is 9.34. The fraction of sp³-hybridized carbons (Fsp3) is 0.304. The first-order valence-electron chi connectivity index (χ1n) is 9.94. The van der Waals surface area contributed by atoms with E-state index in [-0.39, 0.29) is 4.90 Å². The Labute approximate surface area is 183 Å². The van der Waals surface area contributed by atoms with Gasteiger partial charge >= 0.3 is 0 Å². The average molecular weight is 442 g/mol. The summed E-state index contributed by atoms with van der Waals surface area (Å²) >= 11 is 0. The topological polar surface area (TPSA) is 90.4 Å². The highest BCUT2D eigenvalue weighted by molar-refractivity contribution is 7.92. The van der Waals surface area contributed by atoms with Crippen molar-refractivity contribution in [3.8, 4) is 22.9 Å². The van der Waals surface area contributed by atoms with Crippen LogP contribution in [0, 0.1) is 19.8 Å². The van der Waals surface area contributed by atoms with E-state index in [9.17, 15) is 8.42 Å². The number of nitrogens with one attached hydrogen (secondary N) is 1. The summed E-state index contributed by atoms with van der Waals surface area (Å²) in [7, 11) is -2.18. The standard InChI is InChI=1S/C23H27N3O4S/c1-15(2)14-30-23-11-10-20(24-25-23)18-6-8-19(9-7-18)26-31(27,28)22-13-16(3)21(29-5)12-17(22)4/h6-13,15,26H,14H2,1-5H3. The zero-order valence-corrected chi connectivity index (χ0v) is 19.2. The van der Waals surface area contributed by atoms with Crippen molar-refractivity contribution < 1.29 is 17.9 Å². The summed E-state index contributed by atoms with van der Waals surface area (Å²) in [6, 6.07) is 13.9. The van der Waals surface area contributed by atoms with Gasteiger partial charge in [0, 0.05) is 17.3 Å². The van der Waals surface area contributed by atoms with E-state index in [2.05, 4.69) is 28.8 Å². The Morgan fingerprint density at radius 1 is 0.968 bits per heavy atom. The van der Waals surface area contributed by atoms with Crippen LogP contribution in [0.1, 0.15) is 25.0 Å². The Morgan fingerprint density at radius 3 is 2.26 bits per heavy atom. The fourth-order valence-electron chi connectivity index (χ4n) is 2.99. The predicted molar refractivity (Wildman–Crippen MR) is 121 cm³/mol. The van der Waals surface area contributed by atoms with Gasteiger partial charge < -0.3 is 9.47 Å². The Morgan fingerprint density at radius 2 is 1.68 bits per heavy atom. The van der Waals surface area contributed by atoms with Crippen LogP contribution in [-0.2, 0) is 10.0 Å². The molecule has 0 aliphatic carbocycles. The maximum atomic E-state index is 12.9. The normalized spacial score (nSPS) is 11.4. The van der Waals surface area contributed by atoms with Crippen molar-refractivity contribution in [2.24, 2.45) is 5.92 Å². The zero-order chi connectivity index (χ0) is 22.6. The molecule has 0 unspecified atom stereocenters. The van der Waals surface area contributed by atoms with Crippen molar-refractivity contribution in [2.75, 3.05) is 18.4 Å². The monoisotopic (exact) mass is 441 g/mol. The van der Waals surface area contributed by atoms with E-state index in [1.807, 2.05) is 13.0 Å². The van der Waals surface area contributed by atoms with Crippen molar-refractivity contribution in [3.63, 3.8) is 0 Å². The molecule has 0 fully saturated rings. The number of methoxy groups -OCH3 is 1. The summed E-state index contributed by atoms with van der Waals surface area (Å²) in [6.45, 7) is 8.26. The number of aromatic nitrogens is 2. The van der Waals surface area contributed by atoms with Crippen LogP contribution in [0.3, 0.4) is 0 Å². The lowest BCUT2D eigenvalue weighted by atomic mass is 10.1. The first kappa shape index (κ1) is 22.6. The molecule has 0 aliphatic rings. The van der Waals surface area contributed by atoms with Gasteiger partial charge in [0.25, 0.3) is 10.0 Å². The molecular weight excluding hydrogens is 414 g/mol. The van der Waals surface area contributed by atoms with Crippen molar-refractivity contribution in [1.29, 1.82) is 0 Å². The molecule has 1 heterocycles. The van der Waals surface area contributed by atoms with E-state index in [4.69, 9.17) is 9.47 Å². The third-order valence-electron chi connectivity index (χ3n) is 4.62. The number of anilines is 1. The van der Waals surface area contributed by atoms with Gasteiger partial charge in [-0.3, -0.25) is 4.72 Å². The smallest absolute Gasteiger partial charge is 0.262 e. The third-order valence-corrected chi connectivity index (χ3v) is 6.14. The molecule has 0 spiro atoms. The van der Waals surface area contributed by atoms with Crippen LogP contribution in [0.2, 0.25) is 0 Å². The number of ether oxygens (including phenoxy) is 2. The summed E-state index contributed by atoms with van der Waals surface area (Å²) in [5, 5.41) is 8.28. The first-order chi connectivity index (χ1) is 14.7. The quantitative estimate of drug-likeness (QED) is 0.549. The van der Waals surface area contributed by atoms with Gasteiger partial charge in [-0.05, 0) is 61.2 Å². The van der Waals surface area contributed by atoms with Crippen molar-refractivity contribution in [2.45, 2.75) is 32.6 Å². The van der Waals surface area contributed by atoms with Crippen molar-refractivity contribution in [1.82, 2.24) is 10.2 Å². The number of nitrogens with zero attached hydrogens (tertiary/aromatic N) is 2. The molecule has 31 heavy (non-hydrogen) atoms. The molecule has 0 amide bonds. The van der Waals surface area contributed by atoms with Gasteiger partial charge in [-0.15, -0.1) is 10.2 Å². The highest BCUT2D eigenvalue weighted by Crippen LogP contribution is 2.28. The average Bonchev–Trinajstić information content (AvgIpc) is 2.74. The molecule has 1 aromatic heterocycles. The van der Waals surface area contributed by atoms with E-state index in [0.717, 1.165) is 11.1 Å². The van der Waals surface area contributed by atoms with Gasteiger partial charge in [-0.25, -0.2) is 8.42 Å². The van der Waals surface area contributed by atoms with Crippen molar-refractivity contribution >= 4 is 15.7 Å². The van der Waals surface area contributed by atoms with Crippen LogP contribution < -0.4 is 14.2 Å². The largest absolute Gasteiger partial charge is 0.496 e. The molecule has 7 nitrogen and oxygen atoms in total. The third kappa shape index (κ3) is 5.52. The van der Waals surface area contributed by atoms with E-state index < -0.39 is 10.0 Å². The second-order valence-electron chi connectivity index (χ2n) is 7.73. The Bertz CT molecular complexity index is 1140. The van der Waals surface area contributed by atoms with Crippen LogP contribution in [-0.4, -0.2) is 32.3 Å². The minimum absolute atomic E-state index is 0.220. The lowest BCUT2D eigenvalue weighted by Gasteiger charge is -2.13. The number of aryl methyl sites for hydroxylation is 2. The molecule has 0 saturated carbocycles. The maximum absolute atomic E-state index is 12.9. The second-order valence-corrected chi connectivity index (χ2v) is 9.38. The SMILES string of the molecule is COc1cc(C)c(S(=O)(=O)Nc2ccc(-c3ccc(OCC(C)C)nn3)cc2)cc1C. The van der Waals surface area contributed by atoms with Gasteiger partial charge in [0.15, 0.2) is 0 Å². The van der Waals surface area contributed by atoms with Gasteiger partial charge in [-0.2, -0.15) is 0 Å². The van der Waals surface area contributed by atoms with E-state index in [1.165, 1.54) is 0 Å². The summed E-state index contributed by atoms with van der Waals surface area (Å²) in [5.41, 5.74) is 3.32. The number of rotatable bonds is 8. The minimum Gasteiger partial charge on any atom is -0.496 e. The number of hydrogen-bond donors (Lipinski definition) is 1. The maximum Gasteiger partial charge on any atom is 0.262 e. The Kier molecular flexibility index (Phi) is 6.80. The zero-order valence-electron chi connectivity index (χ0n) is 18.3. The summed E-state index contributed by atoms with van der Waals surface area (Å²) in [4.78, 5) is 0.220. The molecule has 2 aromatic carbocycles. The van der Waals surface area contributed by atoms with E-state index in [0.29, 0.717) is 41.1 Å². The molecule has 0 bridgehead atoms. The molecule has 3 aromatic rings. The predicted octanol–water partition coefficient (Wildman–Crippen LogP) is 4.60. The molecule has 0 aliphatic heterocycles. The summed E-state index contributed by atoms with van der Waals surface area (Å²) in [5.74, 6) is 1.54. The van der Waals surface area contributed by atoms with Crippen LogP contribution in [0.25, 0.3) is 11.3 Å². The molecule has 8 heteroatoms. The number of hydrogen-bond acceptors (Lipinski definition) is 6. The highest BCUT2D eigenvalue weighted by atomic mass is 32.2. The molecule has 3 rings (SSSR count). The summed E-state index contributed by atoms with van der Waals surface area (Å²) < 4.78 is 39.2. The Balaban J connectivity index is 1.75. The van der Waals surface area contributed by atoms with Gasteiger partial charge in [-0.1, -0.05) is 26.0 Å². The fourth-order valence-corrected chi connectivity index (χ4v) is 4.37. The number of sulfonamides is 1. The van der Waals surface area contributed by atoms with Crippen molar-refractivity contribution in [3.05, 3.63) is 59.7 Å². The van der Waals surface area contributed by atoms with E-state index >= 15 is 0 Å². The van der Waals surface area contributed by atoms with Crippen LogP contribution >= 0.6 is 0 Å². The minimum atomic E-state index is -3.74. The van der Waals surface area contributed by atoms with Crippen LogP contribution in [0.4, 0.5) is 5.69 Å². The molecule has 164 valence electrons. The van der Waals surface area contributed by atoms with Crippen LogP contribution in [0.5, 0.6) is 11.6 Å². The highest BCUT2D eigenvalue weighted by Gasteiger charge is 2.19. The van der Waals surface area contributed by atoms with Gasteiger partial charge in [0.05, 0.1) is 24.3 Å². The molecular formula is C23H27N3O4S. The lowest BCUT2D eigenvalue weighted by Crippen LogP contribution is -2.14. The Hall–Kier alpha value is -3.13. The molecule has 0 radical (unpaired) electrons. The first-order valence-corrected chi connectivity index (χ1v) is 11.4. The van der Waals surface area contributed by atoms with E-state index in [1.54, 1.807) is 56.5 Å². The number of benzene rings is 2. The molecule has 0 atom stereocenters.